The van der Waals surface area contributed by atoms with Crippen LogP contribution in [-0.2, 0) is 0 Å². The summed E-state index contributed by atoms with van der Waals surface area (Å²) in [4.78, 5) is 8.79. The normalized spacial score (nSPS) is 26.1. The van der Waals surface area contributed by atoms with Crippen molar-refractivity contribution in [3.63, 3.8) is 0 Å². The number of thiazole rings is 1. The van der Waals surface area contributed by atoms with E-state index in [1.807, 2.05) is 18.5 Å². The van der Waals surface area contributed by atoms with Gasteiger partial charge in [0.05, 0.1) is 22.5 Å². The summed E-state index contributed by atoms with van der Waals surface area (Å²) in [5, 5.41) is 4.79. The van der Waals surface area contributed by atoms with Crippen molar-refractivity contribution in [3.8, 4) is 0 Å². The highest BCUT2D eigenvalue weighted by molar-refractivity contribution is 7.18. The van der Waals surface area contributed by atoms with E-state index in [4.69, 9.17) is 0 Å². The van der Waals surface area contributed by atoms with E-state index >= 15 is 0 Å². The summed E-state index contributed by atoms with van der Waals surface area (Å²) >= 11 is 1.79. The highest BCUT2D eigenvalue weighted by atomic mass is 32.1. The second-order valence-electron chi connectivity index (χ2n) is 4.45. The van der Waals surface area contributed by atoms with Crippen molar-refractivity contribution in [1.82, 2.24) is 15.3 Å². The van der Waals surface area contributed by atoms with Gasteiger partial charge in [-0.25, -0.2) is 4.98 Å². The molecule has 3 heterocycles. The van der Waals surface area contributed by atoms with E-state index in [0.29, 0.717) is 12.0 Å². The molecule has 16 heavy (non-hydrogen) atoms. The van der Waals surface area contributed by atoms with Crippen LogP contribution in [0.3, 0.4) is 0 Å². The van der Waals surface area contributed by atoms with Crippen LogP contribution in [0.25, 0.3) is 10.2 Å². The molecular weight excluding hydrogens is 218 g/mol. The smallest absolute Gasteiger partial charge is 0.111 e. The second-order valence-corrected chi connectivity index (χ2v) is 5.51. The predicted molar refractivity (Wildman–Crippen MR) is 66.6 cm³/mol. The zero-order valence-corrected chi connectivity index (χ0v) is 10.1. The van der Waals surface area contributed by atoms with Crippen LogP contribution in [0, 0.1) is 5.92 Å². The number of hydrogen-bond donors (Lipinski definition) is 1. The Balaban J connectivity index is 1.98. The highest BCUT2D eigenvalue weighted by Gasteiger charge is 2.25. The molecule has 0 saturated carbocycles. The average molecular weight is 233 g/mol. The Labute approximate surface area is 98.9 Å². The maximum atomic E-state index is 4.68. The Bertz CT molecular complexity index is 461. The third kappa shape index (κ3) is 1.72. The van der Waals surface area contributed by atoms with Crippen molar-refractivity contribution in [2.24, 2.45) is 5.92 Å². The number of piperidine rings is 1. The molecule has 2 aromatic rings. The molecule has 0 aliphatic carbocycles. The first-order chi connectivity index (χ1) is 7.84. The van der Waals surface area contributed by atoms with Crippen LogP contribution in [0.2, 0.25) is 0 Å². The number of fused-ring (bicyclic) bond motifs is 1. The first kappa shape index (κ1) is 10.2. The summed E-state index contributed by atoms with van der Waals surface area (Å²) in [5.74, 6) is 0.683. The van der Waals surface area contributed by atoms with Crippen LogP contribution >= 0.6 is 11.3 Å². The first-order valence-corrected chi connectivity index (χ1v) is 6.60. The quantitative estimate of drug-likeness (QED) is 0.823. The van der Waals surface area contributed by atoms with Crippen molar-refractivity contribution < 1.29 is 0 Å². The molecule has 1 N–H and O–H groups in total. The van der Waals surface area contributed by atoms with Crippen LogP contribution in [0.4, 0.5) is 0 Å². The molecular formula is C12H15N3S. The molecule has 2 unspecified atom stereocenters. The average Bonchev–Trinajstić information content (AvgIpc) is 2.73. The molecule has 3 nitrogen and oxygen atoms in total. The molecule has 2 aromatic heterocycles. The van der Waals surface area contributed by atoms with E-state index in [9.17, 15) is 0 Å². The Kier molecular flexibility index (Phi) is 2.61. The summed E-state index contributed by atoms with van der Waals surface area (Å²) < 4.78 is 1.24. The zero-order chi connectivity index (χ0) is 11.0. The minimum atomic E-state index is 0.436. The van der Waals surface area contributed by atoms with E-state index in [1.165, 1.54) is 22.5 Å². The van der Waals surface area contributed by atoms with E-state index in [0.717, 1.165) is 12.1 Å². The molecule has 84 valence electrons. The number of nitrogens with zero attached hydrogens (tertiary/aromatic N) is 2. The zero-order valence-electron chi connectivity index (χ0n) is 9.31. The Hall–Kier alpha value is -1.00. The second kappa shape index (κ2) is 4.11. The summed E-state index contributed by atoms with van der Waals surface area (Å²) in [7, 11) is 0. The molecule has 1 fully saturated rings. The lowest BCUT2D eigenvalue weighted by Crippen LogP contribution is -2.32. The van der Waals surface area contributed by atoms with Gasteiger partial charge >= 0.3 is 0 Å². The predicted octanol–water partition coefficient (Wildman–Crippen LogP) is 2.75. The largest absolute Gasteiger partial charge is 0.308 e. The molecule has 0 amide bonds. The van der Waals surface area contributed by atoms with E-state index < -0.39 is 0 Å². The number of pyridine rings is 1. The van der Waals surface area contributed by atoms with Crippen molar-refractivity contribution in [1.29, 1.82) is 0 Å². The van der Waals surface area contributed by atoms with Gasteiger partial charge in [0.1, 0.15) is 5.01 Å². The number of aromatic nitrogens is 2. The fourth-order valence-electron chi connectivity index (χ4n) is 2.31. The first-order valence-electron chi connectivity index (χ1n) is 5.78. The lowest BCUT2D eigenvalue weighted by Gasteiger charge is -2.28. The van der Waals surface area contributed by atoms with Crippen molar-refractivity contribution >= 4 is 21.6 Å². The maximum absolute atomic E-state index is 4.68. The fourth-order valence-corrected chi connectivity index (χ4v) is 3.45. The van der Waals surface area contributed by atoms with Crippen LogP contribution in [-0.4, -0.2) is 16.5 Å². The summed E-state index contributed by atoms with van der Waals surface area (Å²) in [5.41, 5.74) is 1.03. The van der Waals surface area contributed by atoms with Gasteiger partial charge in [0.15, 0.2) is 0 Å². The van der Waals surface area contributed by atoms with Gasteiger partial charge in [-0.05, 0) is 31.4 Å². The van der Waals surface area contributed by atoms with Crippen LogP contribution in [0.15, 0.2) is 18.5 Å². The van der Waals surface area contributed by atoms with Gasteiger partial charge in [0, 0.05) is 6.20 Å². The Morgan fingerprint density at radius 1 is 1.50 bits per heavy atom. The van der Waals surface area contributed by atoms with Crippen molar-refractivity contribution in [3.05, 3.63) is 23.5 Å². The molecule has 2 atom stereocenters. The van der Waals surface area contributed by atoms with Gasteiger partial charge in [-0.15, -0.1) is 11.3 Å². The SMILES string of the molecule is CC1CCCNC1c1nc2cnccc2s1. The van der Waals surface area contributed by atoms with Gasteiger partial charge in [-0.3, -0.25) is 4.98 Å². The van der Waals surface area contributed by atoms with Gasteiger partial charge in [-0.2, -0.15) is 0 Å². The number of hydrogen-bond acceptors (Lipinski definition) is 4. The summed E-state index contributed by atoms with van der Waals surface area (Å²) in [6.07, 6.45) is 6.26. The molecule has 0 bridgehead atoms. The molecule has 3 rings (SSSR count). The molecule has 0 spiro atoms. The third-order valence-corrected chi connectivity index (χ3v) is 4.36. The van der Waals surface area contributed by atoms with Crippen molar-refractivity contribution in [2.75, 3.05) is 6.54 Å². The van der Waals surface area contributed by atoms with E-state index in [-0.39, 0.29) is 0 Å². The van der Waals surface area contributed by atoms with Gasteiger partial charge in [0.25, 0.3) is 0 Å². The van der Waals surface area contributed by atoms with Gasteiger partial charge in [0.2, 0.25) is 0 Å². The molecule has 0 aromatic carbocycles. The van der Waals surface area contributed by atoms with Gasteiger partial charge in [-0.1, -0.05) is 6.92 Å². The monoisotopic (exact) mass is 233 g/mol. The number of rotatable bonds is 1. The minimum Gasteiger partial charge on any atom is -0.308 e. The van der Waals surface area contributed by atoms with Crippen molar-refractivity contribution in [2.45, 2.75) is 25.8 Å². The van der Waals surface area contributed by atoms with E-state index in [2.05, 4.69) is 22.2 Å². The fraction of sp³-hybridized carbons (Fsp3) is 0.500. The Morgan fingerprint density at radius 2 is 2.44 bits per heavy atom. The Morgan fingerprint density at radius 3 is 3.25 bits per heavy atom. The topological polar surface area (TPSA) is 37.8 Å². The highest BCUT2D eigenvalue weighted by Crippen LogP contribution is 2.33. The van der Waals surface area contributed by atoms with Gasteiger partial charge < -0.3 is 5.32 Å². The summed E-state index contributed by atoms with van der Waals surface area (Å²) in [6.45, 7) is 3.42. The minimum absolute atomic E-state index is 0.436. The molecule has 0 radical (unpaired) electrons. The number of nitrogens with one attached hydrogen (secondary N) is 1. The standard InChI is InChI=1S/C12H15N3S/c1-8-3-2-5-14-11(8)12-15-9-7-13-6-4-10(9)16-12/h4,6-8,11,14H,2-3,5H2,1H3. The molecule has 4 heteroatoms. The maximum Gasteiger partial charge on any atom is 0.111 e. The molecule has 1 aliphatic heterocycles. The molecule has 1 saturated heterocycles. The third-order valence-electron chi connectivity index (χ3n) is 3.24. The summed E-state index contributed by atoms with van der Waals surface area (Å²) in [6, 6.07) is 2.48. The molecule has 1 aliphatic rings. The lowest BCUT2D eigenvalue weighted by atomic mass is 9.93. The van der Waals surface area contributed by atoms with Crippen LogP contribution in [0.1, 0.15) is 30.8 Å². The van der Waals surface area contributed by atoms with Crippen LogP contribution in [0.5, 0.6) is 0 Å². The lowest BCUT2D eigenvalue weighted by molar-refractivity contribution is 0.305. The van der Waals surface area contributed by atoms with Crippen LogP contribution < -0.4 is 5.32 Å². The van der Waals surface area contributed by atoms with E-state index in [1.54, 1.807) is 11.3 Å².